The number of fused-ring (bicyclic) bond motifs is 1. The highest BCUT2D eigenvalue weighted by atomic mass is 19.3. The Kier molecular flexibility index (Phi) is 3.59. The smallest absolute Gasteiger partial charge is 0.272 e. The van der Waals surface area contributed by atoms with Crippen molar-refractivity contribution < 1.29 is 18.7 Å². The first kappa shape index (κ1) is 12.5. The van der Waals surface area contributed by atoms with E-state index in [1.165, 1.54) is 0 Å². The van der Waals surface area contributed by atoms with Gasteiger partial charge >= 0.3 is 0 Å². The Labute approximate surface area is 102 Å². The van der Waals surface area contributed by atoms with Gasteiger partial charge in [-0.05, 0) is 30.9 Å². The first-order valence-electron chi connectivity index (χ1n) is 5.53. The van der Waals surface area contributed by atoms with Crippen molar-refractivity contribution in [2.75, 3.05) is 6.61 Å². The predicted molar refractivity (Wildman–Crippen MR) is 60.3 cm³/mol. The van der Waals surface area contributed by atoms with Crippen molar-refractivity contribution in [3.8, 4) is 5.88 Å². The van der Waals surface area contributed by atoms with Crippen molar-refractivity contribution in [1.82, 2.24) is 4.98 Å². The first-order chi connectivity index (χ1) is 8.61. The zero-order valence-corrected chi connectivity index (χ0v) is 9.57. The number of alkyl halides is 2. The van der Waals surface area contributed by atoms with E-state index in [4.69, 9.17) is 15.7 Å². The van der Waals surface area contributed by atoms with Gasteiger partial charge in [0, 0.05) is 5.69 Å². The molecule has 0 aliphatic heterocycles. The minimum Gasteiger partial charge on any atom is -0.471 e. The highest BCUT2D eigenvalue weighted by Crippen LogP contribution is 2.26. The van der Waals surface area contributed by atoms with Crippen LogP contribution in [0, 0.1) is 0 Å². The van der Waals surface area contributed by atoms with Crippen molar-refractivity contribution in [2.24, 2.45) is 10.9 Å². The number of ether oxygens (including phenoxy) is 1. The fraction of sp³-hybridized carbons (Fsp3) is 0.455. The molecule has 0 radical (unpaired) electrons. The lowest BCUT2D eigenvalue weighted by Gasteiger charge is -2.11. The molecule has 7 heteroatoms. The number of aryl methyl sites for hydroxylation is 2. The molecular formula is C11H13F2N3O2. The van der Waals surface area contributed by atoms with Gasteiger partial charge in [-0.25, -0.2) is 13.8 Å². The van der Waals surface area contributed by atoms with Crippen LogP contribution in [0.2, 0.25) is 0 Å². The van der Waals surface area contributed by atoms with Crippen molar-refractivity contribution in [3.63, 3.8) is 0 Å². The standard InChI is InChI=1S/C11H13F2N3O2/c12-9(13)5-18-11-7(10(14)16-17)4-6-2-1-3-8(6)15-11/h4,9,17H,1-3,5H2,(H2,14,16). The third-order valence-electron chi connectivity index (χ3n) is 2.75. The molecule has 5 nitrogen and oxygen atoms in total. The number of nitrogens with zero attached hydrogens (tertiary/aromatic N) is 2. The lowest BCUT2D eigenvalue weighted by Crippen LogP contribution is -2.18. The number of oxime groups is 1. The zero-order chi connectivity index (χ0) is 13.1. The van der Waals surface area contributed by atoms with Gasteiger partial charge in [0.1, 0.15) is 0 Å². The van der Waals surface area contributed by atoms with Gasteiger partial charge in [-0.2, -0.15) is 0 Å². The molecule has 0 saturated carbocycles. The third kappa shape index (κ3) is 2.49. The molecule has 2 rings (SSSR count). The number of hydrogen-bond donors (Lipinski definition) is 2. The Morgan fingerprint density at radius 2 is 2.33 bits per heavy atom. The number of pyridine rings is 1. The number of aromatic nitrogens is 1. The highest BCUT2D eigenvalue weighted by molar-refractivity contribution is 5.99. The molecule has 18 heavy (non-hydrogen) atoms. The van der Waals surface area contributed by atoms with E-state index in [9.17, 15) is 8.78 Å². The molecule has 1 heterocycles. The summed E-state index contributed by atoms with van der Waals surface area (Å²) in [6.07, 6.45) is -0.00355. The summed E-state index contributed by atoms with van der Waals surface area (Å²) in [5.41, 5.74) is 7.55. The van der Waals surface area contributed by atoms with Gasteiger partial charge in [0.25, 0.3) is 6.43 Å². The van der Waals surface area contributed by atoms with Crippen LogP contribution in [-0.2, 0) is 12.8 Å². The number of hydrogen-bond acceptors (Lipinski definition) is 4. The SMILES string of the molecule is N/C(=N/O)c1cc2c(nc1OCC(F)F)CCC2. The topological polar surface area (TPSA) is 80.7 Å². The molecule has 1 aromatic heterocycles. The van der Waals surface area contributed by atoms with Gasteiger partial charge in [-0.3, -0.25) is 0 Å². The van der Waals surface area contributed by atoms with Crippen LogP contribution in [0.5, 0.6) is 5.88 Å². The summed E-state index contributed by atoms with van der Waals surface area (Å²) in [7, 11) is 0. The second-order valence-electron chi connectivity index (χ2n) is 3.99. The Balaban J connectivity index is 2.35. The van der Waals surface area contributed by atoms with E-state index in [0.29, 0.717) is 0 Å². The molecule has 0 bridgehead atoms. The second kappa shape index (κ2) is 5.16. The van der Waals surface area contributed by atoms with E-state index in [0.717, 1.165) is 30.5 Å². The minimum absolute atomic E-state index is 0.00810. The second-order valence-corrected chi connectivity index (χ2v) is 3.99. The fourth-order valence-corrected chi connectivity index (χ4v) is 1.94. The average molecular weight is 257 g/mol. The quantitative estimate of drug-likeness (QED) is 0.369. The minimum atomic E-state index is -2.60. The maximum atomic E-state index is 12.1. The first-order valence-corrected chi connectivity index (χ1v) is 5.53. The summed E-state index contributed by atoms with van der Waals surface area (Å²) in [5, 5.41) is 11.5. The Morgan fingerprint density at radius 3 is 3.00 bits per heavy atom. The van der Waals surface area contributed by atoms with Gasteiger partial charge in [0.05, 0.1) is 5.56 Å². The lowest BCUT2D eigenvalue weighted by atomic mass is 10.1. The summed E-state index contributed by atoms with van der Waals surface area (Å²) in [6, 6.07) is 1.69. The van der Waals surface area contributed by atoms with Crippen LogP contribution in [0.25, 0.3) is 0 Å². The van der Waals surface area contributed by atoms with Crippen LogP contribution >= 0.6 is 0 Å². The molecule has 1 aliphatic carbocycles. The number of halogens is 2. The molecule has 0 atom stereocenters. The monoisotopic (exact) mass is 257 g/mol. The highest BCUT2D eigenvalue weighted by Gasteiger charge is 2.20. The van der Waals surface area contributed by atoms with E-state index in [2.05, 4.69) is 10.1 Å². The molecule has 0 aromatic carbocycles. The Hall–Kier alpha value is -1.92. The largest absolute Gasteiger partial charge is 0.471 e. The molecule has 0 spiro atoms. The molecule has 1 aromatic rings. The van der Waals surface area contributed by atoms with E-state index in [-0.39, 0.29) is 17.3 Å². The molecule has 0 amide bonds. The number of amidine groups is 1. The summed E-state index contributed by atoms with van der Waals surface area (Å²) in [5.74, 6) is -0.201. The van der Waals surface area contributed by atoms with Gasteiger partial charge in [0.2, 0.25) is 5.88 Å². The number of nitrogens with two attached hydrogens (primary N) is 1. The normalized spacial score (nSPS) is 14.9. The lowest BCUT2D eigenvalue weighted by molar-refractivity contribution is 0.0794. The van der Waals surface area contributed by atoms with Gasteiger partial charge < -0.3 is 15.7 Å². The van der Waals surface area contributed by atoms with Crippen LogP contribution in [0.3, 0.4) is 0 Å². The molecule has 0 saturated heterocycles. The van der Waals surface area contributed by atoms with E-state index in [1.54, 1.807) is 6.07 Å². The van der Waals surface area contributed by atoms with E-state index in [1.807, 2.05) is 0 Å². The van der Waals surface area contributed by atoms with Crippen LogP contribution in [0.4, 0.5) is 8.78 Å². The predicted octanol–water partition coefficient (Wildman–Crippen LogP) is 1.31. The van der Waals surface area contributed by atoms with Crippen molar-refractivity contribution in [3.05, 3.63) is 22.9 Å². The summed E-state index contributed by atoms with van der Waals surface area (Å²) < 4.78 is 29.2. The maximum absolute atomic E-state index is 12.1. The molecule has 1 aliphatic rings. The molecule has 0 fully saturated rings. The molecular weight excluding hydrogens is 244 g/mol. The molecule has 98 valence electrons. The molecule has 0 unspecified atom stereocenters. The number of rotatable bonds is 4. The van der Waals surface area contributed by atoms with Crippen molar-refractivity contribution in [2.45, 2.75) is 25.7 Å². The van der Waals surface area contributed by atoms with Crippen molar-refractivity contribution in [1.29, 1.82) is 0 Å². The average Bonchev–Trinajstić information content (AvgIpc) is 2.81. The summed E-state index contributed by atoms with van der Waals surface area (Å²) in [6.45, 7) is -0.766. The summed E-state index contributed by atoms with van der Waals surface area (Å²) in [4.78, 5) is 4.17. The Bertz CT molecular complexity index is 478. The van der Waals surface area contributed by atoms with Gasteiger partial charge in [0.15, 0.2) is 12.4 Å². The van der Waals surface area contributed by atoms with E-state index < -0.39 is 13.0 Å². The molecule has 3 N–H and O–H groups in total. The van der Waals surface area contributed by atoms with Crippen LogP contribution in [0.1, 0.15) is 23.2 Å². The van der Waals surface area contributed by atoms with Crippen LogP contribution < -0.4 is 10.5 Å². The van der Waals surface area contributed by atoms with Gasteiger partial charge in [-0.15, -0.1) is 0 Å². The third-order valence-corrected chi connectivity index (χ3v) is 2.75. The van der Waals surface area contributed by atoms with E-state index >= 15 is 0 Å². The Morgan fingerprint density at radius 1 is 1.56 bits per heavy atom. The van der Waals surface area contributed by atoms with Crippen LogP contribution in [-0.4, -0.2) is 29.1 Å². The maximum Gasteiger partial charge on any atom is 0.272 e. The van der Waals surface area contributed by atoms with Crippen molar-refractivity contribution >= 4 is 5.84 Å². The summed E-state index contributed by atoms with van der Waals surface area (Å²) >= 11 is 0. The van der Waals surface area contributed by atoms with Gasteiger partial charge in [-0.1, -0.05) is 5.16 Å². The zero-order valence-electron chi connectivity index (χ0n) is 9.57. The fourth-order valence-electron chi connectivity index (χ4n) is 1.94. The van der Waals surface area contributed by atoms with Crippen LogP contribution in [0.15, 0.2) is 11.2 Å².